The largest absolute Gasteiger partial charge is 0.433 e. The van der Waals surface area contributed by atoms with Crippen LogP contribution in [0.3, 0.4) is 0 Å². The monoisotopic (exact) mass is 462 g/mol. The van der Waals surface area contributed by atoms with E-state index < -0.39 is 37.4 Å². The lowest BCUT2D eigenvalue weighted by atomic mass is 9.90. The van der Waals surface area contributed by atoms with Crippen LogP contribution in [0.15, 0.2) is 18.2 Å². The Labute approximate surface area is 182 Å². The van der Waals surface area contributed by atoms with E-state index in [0.717, 1.165) is 12.5 Å². The van der Waals surface area contributed by atoms with Crippen LogP contribution in [0.25, 0.3) is 0 Å². The van der Waals surface area contributed by atoms with Gasteiger partial charge in [0, 0.05) is 30.9 Å². The SMILES string of the molecule is NC[C@H](C(=O)Nc1ccc(N2CCOCC2=O)c(OC(F)F)c1)N(CC(F)F)C1CCC1. The smallest absolute Gasteiger partial charge is 0.387 e. The third kappa shape index (κ3) is 5.87. The Bertz CT molecular complexity index is 810. The predicted octanol–water partition coefficient (Wildman–Crippen LogP) is 2.04. The molecule has 1 saturated heterocycles. The number of hydrogen-bond donors (Lipinski definition) is 2. The van der Waals surface area contributed by atoms with Crippen molar-refractivity contribution < 1.29 is 36.6 Å². The summed E-state index contributed by atoms with van der Waals surface area (Å²) in [5, 5.41) is 2.55. The van der Waals surface area contributed by atoms with Crippen LogP contribution in [-0.4, -0.2) is 74.7 Å². The van der Waals surface area contributed by atoms with Gasteiger partial charge >= 0.3 is 6.61 Å². The molecule has 1 aliphatic heterocycles. The van der Waals surface area contributed by atoms with Crippen molar-refractivity contribution in [2.24, 2.45) is 5.73 Å². The van der Waals surface area contributed by atoms with Crippen molar-refractivity contribution >= 4 is 23.2 Å². The number of carbonyl (C=O) groups excluding carboxylic acids is 2. The normalized spacial score (nSPS) is 18.2. The van der Waals surface area contributed by atoms with Crippen molar-refractivity contribution in [1.82, 2.24) is 4.90 Å². The molecule has 1 aromatic carbocycles. The summed E-state index contributed by atoms with van der Waals surface area (Å²) in [5.41, 5.74) is 5.95. The van der Waals surface area contributed by atoms with Gasteiger partial charge in [-0.3, -0.25) is 14.5 Å². The van der Waals surface area contributed by atoms with E-state index in [4.69, 9.17) is 10.5 Å². The number of rotatable bonds is 10. The molecule has 3 rings (SSSR count). The first-order chi connectivity index (χ1) is 15.3. The summed E-state index contributed by atoms with van der Waals surface area (Å²) < 4.78 is 61.7. The summed E-state index contributed by atoms with van der Waals surface area (Å²) in [7, 11) is 0. The maximum atomic E-state index is 13.1. The highest BCUT2D eigenvalue weighted by Crippen LogP contribution is 2.34. The van der Waals surface area contributed by atoms with Crippen molar-refractivity contribution in [3.8, 4) is 5.75 Å². The maximum absolute atomic E-state index is 13.1. The van der Waals surface area contributed by atoms with Gasteiger partial charge in [-0.1, -0.05) is 6.42 Å². The Morgan fingerprint density at radius 1 is 1.31 bits per heavy atom. The Balaban J connectivity index is 1.80. The van der Waals surface area contributed by atoms with E-state index in [1.807, 2.05) is 0 Å². The standard InChI is InChI=1S/C20H26F4N4O4/c21-17(22)10-28(13-2-1-3-13)15(9-25)19(30)26-12-4-5-14(16(8-12)32-20(23)24)27-6-7-31-11-18(27)29/h4-5,8,13,15,17,20H,1-3,6-7,9-11,25H2,(H,26,30)/t15-/m1/s1. The number of benzene rings is 1. The molecule has 2 fully saturated rings. The minimum absolute atomic E-state index is 0.110. The molecule has 12 heteroatoms. The number of hydrogen-bond acceptors (Lipinski definition) is 6. The molecule has 1 atom stereocenters. The summed E-state index contributed by atoms with van der Waals surface area (Å²) in [6, 6.07) is 2.79. The lowest BCUT2D eigenvalue weighted by molar-refractivity contribution is -0.126. The number of nitrogens with one attached hydrogen (secondary N) is 1. The molecule has 2 amide bonds. The highest BCUT2D eigenvalue weighted by atomic mass is 19.3. The van der Waals surface area contributed by atoms with Gasteiger partial charge in [0.25, 0.3) is 12.3 Å². The molecule has 178 valence electrons. The molecule has 0 unspecified atom stereocenters. The Morgan fingerprint density at radius 3 is 2.62 bits per heavy atom. The minimum atomic E-state index is -3.16. The van der Waals surface area contributed by atoms with Crippen molar-refractivity contribution in [3.05, 3.63) is 18.2 Å². The maximum Gasteiger partial charge on any atom is 0.387 e. The van der Waals surface area contributed by atoms with Gasteiger partial charge < -0.3 is 25.4 Å². The van der Waals surface area contributed by atoms with Crippen molar-refractivity contribution in [2.45, 2.75) is 44.4 Å². The lowest BCUT2D eigenvalue weighted by Gasteiger charge is -2.41. The summed E-state index contributed by atoms with van der Waals surface area (Å²) >= 11 is 0. The van der Waals surface area contributed by atoms with Gasteiger partial charge in [-0.15, -0.1) is 0 Å². The number of ether oxygens (including phenoxy) is 2. The van der Waals surface area contributed by atoms with Gasteiger partial charge in [0.15, 0.2) is 5.75 Å². The molecular formula is C20H26F4N4O4. The van der Waals surface area contributed by atoms with Crippen LogP contribution in [0.4, 0.5) is 28.9 Å². The Kier molecular flexibility index (Phi) is 8.26. The van der Waals surface area contributed by atoms with Gasteiger partial charge in [0.2, 0.25) is 5.91 Å². The average molecular weight is 462 g/mol. The molecule has 0 radical (unpaired) electrons. The van der Waals surface area contributed by atoms with Crippen LogP contribution < -0.4 is 20.7 Å². The Hall–Kier alpha value is -2.44. The summed E-state index contributed by atoms with van der Waals surface area (Å²) in [4.78, 5) is 27.6. The number of nitrogens with two attached hydrogens (primary N) is 1. The summed E-state index contributed by atoms with van der Waals surface area (Å²) in [6.45, 7) is -3.73. The molecule has 32 heavy (non-hydrogen) atoms. The quantitative estimate of drug-likeness (QED) is 0.517. The van der Waals surface area contributed by atoms with Crippen molar-refractivity contribution in [1.29, 1.82) is 0 Å². The van der Waals surface area contributed by atoms with Crippen LogP contribution >= 0.6 is 0 Å². The number of amides is 2. The van der Waals surface area contributed by atoms with Gasteiger partial charge in [-0.25, -0.2) is 8.78 Å². The fourth-order valence-electron chi connectivity index (χ4n) is 3.81. The van der Waals surface area contributed by atoms with E-state index in [0.29, 0.717) is 12.8 Å². The van der Waals surface area contributed by atoms with Crippen LogP contribution in [0.5, 0.6) is 5.75 Å². The highest BCUT2D eigenvalue weighted by Gasteiger charge is 2.35. The highest BCUT2D eigenvalue weighted by molar-refractivity contribution is 5.98. The van der Waals surface area contributed by atoms with Gasteiger partial charge in [-0.2, -0.15) is 8.78 Å². The second-order valence-corrected chi connectivity index (χ2v) is 7.57. The second-order valence-electron chi connectivity index (χ2n) is 7.57. The number of nitrogens with zero attached hydrogens (tertiary/aromatic N) is 2. The van der Waals surface area contributed by atoms with Crippen LogP contribution in [-0.2, 0) is 14.3 Å². The van der Waals surface area contributed by atoms with Crippen LogP contribution in [0.1, 0.15) is 19.3 Å². The molecule has 3 N–H and O–H groups in total. The lowest BCUT2D eigenvalue weighted by Crippen LogP contribution is -2.56. The molecule has 2 aliphatic rings. The second kappa shape index (κ2) is 10.9. The fourth-order valence-corrected chi connectivity index (χ4v) is 3.81. The van der Waals surface area contributed by atoms with E-state index in [-0.39, 0.29) is 49.5 Å². The minimum Gasteiger partial charge on any atom is -0.433 e. The van der Waals surface area contributed by atoms with E-state index in [9.17, 15) is 27.2 Å². The summed E-state index contributed by atoms with van der Waals surface area (Å²) in [6.07, 6.45) is -0.343. The summed E-state index contributed by atoms with van der Waals surface area (Å²) in [5.74, 6) is -1.35. The molecule has 0 aromatic heterocycles. The van der Waals surface area contributed by atoms with Crippen LogP contribution in [0.2, 0.25) is 0 Å². The average Bonchev–Trinajstić information content (AvgIpc) is 2.67. The molecule has 1 aromatic rings. The number of carbonyl (C=O) groups is 2. The predicted molar refractivity (Wildman–Crippen MR) is 108 cm³/mol. The van der Waals surface area contributed by atoms with E-state index in [1.165, 1.54) is 21.9 Å². The molecule has 1 heterocycles. The van der Waals surface area contributed by atoms with Crippen molar-refractivity contribution in [2.75, 3.05) is 43.1 Å². The molecule has 1 aliphatic carbocycles. The number of halogens is 4. The molecule has 1 saturated carbocycles. The van der Waals surface area contributed by atoms with Gasteiger partial charge in [0.1, 0.15) is 12.6 Å². The topological polar surface area (TPSA) is 97.1 Å². The third-order valence-electron chi connectivity index (χ3n) is 5.54. The van der Waals surface area contributed by atoms with Gasteiger partial charge in [-0.05, 0) is 25.0 Å². The molecular weight excluding hydrogens is 436 g/mol. The van der Waals surface area contributed by atoms with E-state index >= 15 is 0 Å². The van der Waals surface area contributed by atoms with Gasteiger partial charge in [0.05, 0.1) is 18.8 Å². The number of morpholine rings is 1. The zero-order valence-corrected chi connectivity index (χ0v) is 17.3. The molecule has 0 spiro atoms. The van der Waals surface area contributed by atoms with Crippen molar-refractivity contribution in [3.63, 3.8) is 0 Å². The van der Waals surface area contributed by atoms with E-state index in [1.54, 1.807) is 0 Å². The van der Waals surface area contributed by atoms with Crippen LogP contribution in [0, 0.1) is 0 Å². The number of anilines is 2. The Morgan fingerprint density at radius 2 is 2.06 bits per heavy atom. The first-order valence-electron chi connectivity index (χ1n) is 10.3. The first kappa shape index (κ1) is 24.2. The first-order valence-corrected chi connectivity index (χ1v) is 10.3. The molecule has 0 bridgehead atoms. The zero-order chi connectivity index (χ0) is 23.3. The third-order valence-corrected chi connectivity index (χ3v) is 5.54. The molecule has 8 nitrogen and oxygen atoms in total. The number of alkyl halides is 4. The van der Waals surface area contributed by atoms with E-state index in [2.05, 4.69) is 10.1 Å². The fraction of sp³-hybridized carbons (Fsp3) is 0.600. The zero-order valence-electron chi connectivity index (χ0n) is 17.3.